The molecular formula is C31H37FN4O2. The zero-order chi connectivity index (χ0) is 26.7. The average molecular weight is 517 g/mol. The monoisotopic (exact) mass is 516 g/mol. The molecule has 2 fully saturated rings. The maximum Gasteiger partial charge on any atom is 0.255 e. The van der Waals surface area contributed by atoms with E-state index in [9.17, 15) is 9.18 Å². The summed E-state index contributed by atoms with van der Waals surface area (Å²) in [6.07, 6.45) is 7.20. The minimum Gasteiger partial charge on any atom is -0.469 e. The Bertz CT molecular complexity index is 1210. The summed E-state index contributed by atoms with van der Waals surface area (Å²) in [6, 6.07) is 14.2. The Morgan fingerprint density at radius 2 is 1.68 bits per heavy atom. The van der Waals surface area contributed by atoms with E-state index in [1.54, 1.807) is 12.4 Å². The number of carbonyl (C=O) groups excluding carboxylic acids is 1. The van der Waals surface area contributed by atoms with Gasteiger partial charge in [-0.15, -0.1) is 0 Å². The normalized spacial score (nSPS) is 19.2. The fourth-order valence-electron chi connectivity index (χ4n) is 6.06. The molecular weight excluding hydrogens is 479 g/mol. The number of hydrogen-bond acceptors (Lipinski definition) is 5. The fourth-order valence-corrected chi connectivity index (χ4v) is 6.06. The van der Waals surface area contributed by atoms with Crippen molar-refractivity contribution in [2.75, 3.05) is 26.2 Å². The zero-order valence-electron chi connectivity index (χ0n) is 22.6. The summed E-state index contributed by atoms with van der Waals surface area (Å²) in [7, 11) is 0. The van der Waals surface area contributed by atoms with Crippen LogP contribution in [0.5, 0.6) is 5.88 Å². The van der Waals surface area contributed by atoms with Gasteiger partial charge >= 0.3 is 0 Å². The Morgan fingerprint density at radius 1 is 0.974 bits per heavy atom. The molecule has 0 aliphatic carbocycles. The first-order chi connectivity index (χ1) is 18.3. The summed E-state index contributed by atoms with van der Waals surface area (Å²) in [5.41, 5.74) is 3.58. The molecule has 0 radical (unpaired) electrons. The van der Waals surface area contributed by atoms with E-state index in [1.165, 1.54) is 12.1 Å². The van der Waals surface area contributed by atoms with Crippen LogP contribution >= 0.6 is 0 Å². The third kappa shape index (κ3) is 5.58. The van der Waals surface area contributed by atoms with Gasteiger partial charge in [-0.25, -0.2) is 9.37 Å². The third-order valence-corrected chi connectivity index (χ3v) is 8.51. The Morgan fingerprint density at radius 3 is 2.32 bits per heavy atom. The van der Waals surface area contributed by atoms with Gasteiger partial charge in [0.05, 0.1) is 11.3 Å². The number of carbonyl (C=O) groups is 1. The number of rotatable bonds is 6. The van der Waals surface area contributed by atoms with Gasteiger partial charge < -0.3 is 9.64 Å². The maximum atomic E-state index is 13.6. The van der Waals surface area contributed by atoms with Crippen molar-refractivity contribution in [3.8, 4) is 5.88 Å². The van der Waals surface area contributed by atoms with Crippen LogP contribution < -0.4 is 4.74 Å². The van der Waals surface area contributed by atoms with Gasteiger partial charge in [0.1, 0.15) is 11.9 Å². The molecule has 0 saturated carbocycles. The van der Waals surface area contributed by atoms with Crippen LogP contribution in [0, 0.1) is 25.6 Å². The number of pyridine rings is 2. The lowest BCUT2D eigenvalue weighted by Gasteiger charge is -2.50. The summed E-state index contributed by atoms with van der Waals surface area (Å²) in [5.74, 6) is 0.752. The summed E-state index contributed by atoms with van der Waals surface area (Å²) in [4.78, 5) is 26.6. The van der Waals surface area contributed by atoms with Gasteiger partial charge in [-0.3, -0.25) is 14.7 Å². The van der Waals surface area contributed by atoms with Crippen molar-refractivity contribution < 1.29 is 13.9 Å². The second-order valence-corrected chi connectivity index (χ2v) is 11.0. The zero-order valence-corrected chi connectivity index (χ0v) is 22.6. The first-order valence-corrected chi connectivity index (χ1v) is 13.6. The smallest absolute Gasteiger partial charge is 0.255 e. The summed E-state index contributed by atoms with van der Waals surface area (Å²) < 4.78 is 20.0. The summed E-state index contributed by atoms with van der Waals surface area (Å²) >= 11 is 0. The van der Waals surface area contributed by atoms with Crippen LogP contribution in [-0.2, 0) is 0 Å². The van der Waals surface area contributed by atoms with Crippen LogP contribution in [0.2, 0.25) is 0 Å². The van der Waals surface area contributed by atoms with Crippen LogP contribution in [0.25, 0.3) is 0 Å². The highest BCUT2D eigenvalue weighted by atomic mass is 19.1. The summed E-state index contributed by atoms with van der Waals surface area (Å²) in [6.45, 7) is 9.69. The van der Waals surface area contributed by atoms with Crippen molar-refractivity contribution in [1.29, 1.82) is 0 Å². The number of likely N-dealkylation sites (tertiary alicyclic amines) is 2. The Labute approximate surface area is 224 Å². The molecule has 3 aromatic rings. The number of amides is 1. The van der Waals surface area contributed by atoms with E-state index in [4.69, 9.17) is 4.74 Å². The number of nitrogens with zero attached hydrogens (tertiary/aromatic N) is 4. The van der Waals surface area contributed by atoms with Gasteiger partial charge in [0.25, 0.3) is 5.91 Å². The van der Waals surface area contributed by atoms with E-state index in [1.807, 2.05) is 55.1 Å². The van der Waals surface area contributed by atoms with E-state index >= 15 is 0 Å². The predicted molar refractivity (Wildman–Crippen MR) is 146 cm³/mol. The van der Waals surface area contributed by atoms with Crippen molar-refractivity contribution in [1.82, 2.24) is 19.8 Å². The number of benzene rings is 1. The molecule has 7 heteroatoms. The molecule has 0 spiro atoms. The number of ether oxygens (including phenoxy) is 1. The molecule has 38 heavy (non-hydrogen) atoms. The van der Waals surface area contributed by atoms with Gasteiger partial charge in [-0.1, -0.05) is 18.2 Å². The molecule has 1 amide bonds. The van der Waals surface area contributed by atoms with Crippen LogP contribution in [0.3, 0.4) is 0 Å². The van der Waals surface area contributed by atoms with Crippen molar-refractivity contribution >= 4 is 5.91 Å². The fraction of sp³-hybridized carbons (Fsp3) is 0.452. The van der Waals surface area contributed by atoms with Crippen molar-refractivity contribution in [3.05, 3.63) is 89.1 Å². The van der Waals surface area contributed by atoms with Gasteiger partial charge in [0.15, 0.2) is 0 Å². The quantitative estimate of drug-likeness (QED) is 0.417. The Hall–Kier alpha value is -3.32. The molecule has 4 heterocycles. The van der Waals surface area contributed by atoms with Crippen molar-refractivity contribution in [3.63, 3.8) is 0 Å². The highest BCUT2D eigenvalue weighted by Crippen LogP contribution is 2.38. The predicted octanol–water partition coefficient (Wildman–Crippen LogP) is 5.76. The highest BCUT2D eigenvalue weighted by molar-refractivity contribution is 5.96. The van der Waals surface area contributed by atoms with E-state index < -0.39 is 0 Å². The average Bonchev–Trinajstić information content (AvgIpc) is 2.93. The van der Waals surface area contributed by atoms with E-state index in [2.05, 4.69) is 21.8 Å². The molecule has 200 valence electrons. The third-order valence-electron chi connectivity index (χ3n) is 8.51. The van der Waals surface area contributed by atoms with Gasteiger partial charge in [-0.2, -0.15) is 0 Å². The SMILES string of the molecule is Cc1ccnc(C)c1C(=O)N1CCC(C)(N2CCC(C(Oc3ccccn3)c3ccc(F)cc3)CC2)CC1. The number of hydrogen-bond donors (Lipinski definition) is 0. The molecule has 1 aromatic carbocycles. The lowest BCUT2D eigenvalue weighted by Crippen LogP contribution is -2.56. The number of piperidine rings is 2. The largest absolute Gasteiger partial charge is 0.469 e. The van der Waals surface area contributed by atoms with E-state index in [0.717, 1.165) is 74.2 Å². The van der Waals surface area contributed by atoms with Gasteiger partial charge in [0.2, 0.25) is 5.88 Å². The van der Waals surface area contributed by atoms with E-state index in [0.29, 0.717) is 11.8 Å². The van der Waals surface area contributed by atoms with Gasteiger partial charge in [-0.05, 0) is 94.9 Å². The maximum absolute atomic E-state index is 13.6. The minimum absolute atomic E-state index is 0.0635. The first-order valence-electron chi connectivity index (χ1n) is 13.6. The molecule has 1 atom stereocenters. The molecule has 0 N–H and O–H groups in total. The molecule has 2 saturated heterocycles. The number of aromatic nitrogens is 2. The molecule has 0 bridgehead atoms. The molecule has 5 rings (SSSR count). The van der Waals surface area contributed by atoms with Gasteiger partial charge in [0, 0.05) is 43.0 Å². The van der Waals surface area contributed by atoms with Crippen LogP contribution in [0.15, 0.2) is 60.9 Å². The standard InChI is InChI=1S/C31H37FN4O2/c1-22-11-17-33-23(2)28(22)30(37)35-20-14-31(3,15-21-35)36-18-12-25(13-19-36)29(24-7-9-26(32)10-8-24)38-27-6-4-5-16-34-27/h4-11,16-17,25,29H,12-15,18-21H2,1-3H3. The topological polar surface area (TPSA) is 58.6 Å². The molecule has 2 aliphatic heterocycles. The van der Waals surface area contributed by atoms with Crippen molar-refractivity contribution in [2.45, 2.75) is 58.1 Å². The summed E-state index contributed by atoms with van der Waals surface area (Å²) in [5, 5.41) is 0. The van der Waals surface area contributed by atoms with E-state index in [-0.39, 0.29) is 23.4 Å². The molecule has 2 aliphatic rings. The minimum atomic E-state index is -0.244. The Balaban J connectivity index is 1.22. The van der Waals surface area contributed by atoms with Crippen LogP contribution in [0.4, 0.5) is 4.39 Å². The first kappa shape index (κ1) is 26.3. The Kier molecular flexibility index (Phi) is 7.75. The lowest BCUT2D eigenvalue weighted by atomic mass is 9.82. The second-order valence-electron chi connectivity index (χ2n) is 11.0. The molecule has 1 unspecified atom stereocenters. The van der Waals surface area contributed by atoms with Crippen molar-refractivity contribution in [2.24, 2.45) is 5.92 Å². The lowest BCUT2D eigenvalue weighted by molar-refractivity contribution is -0.00616. The van der Waals surface area contributed by atoms with Crippen LogP contribution in [-0.4, -0.2) is 57.4 Å². The second kappa shape index (κ2) is 11.2. The number of halogens is 1. The highest BCUT2D eigenvalue weighted by Gasteiger charge is 2.40. The molecule has 2 aromatic heterocycles. The number of aryl methyl sites for hydroxylation is 2. The van der Waals surface area contributed by atoms with Crippen LogP contribution in [0.1, 0.15) is 65.9 Å². The molecule has 6 nitrogen and oxygen atoms in total.